The van der Waals surface area contributed by atoms with Crippen molar-refractivity contribution in [1.82, 2.24) is 15.0 Å². The molecule has 0 unspecified atom stereocenters. The summed E-state index contributed by atoms with van der Waals surface area (Å²) in [6.45, 7) is 4.13. The lowest BCUT2D eigenvalue weighted by molar-refractivity contribution is 1.07. The highest BCUT2D eigenvalue weighted by molar-refractivity contribution is 8.01. The first-order valence-electron chi connectivity index (χ1n) is 6.06. The fourth-order valence-electron chi connectivity index (χ4n) is 1.72. The molecule has 3 aromatic rings. The molecule has 3 aromatic heterocycles. The van der Waals surface area contributed by atoms with E-state index in [1.165, 1.54) is 4.88 Å². The van der Waals surface area contributed by atoms with Gasteiger partial charge in [0.25, 0.3) is 0 Å². The van der Waals surface area contributed by atoms with Crippen molar-refractivity contribution in [3.05, 3.63) is 22.0 Å². The van der Waals surface area contributed by atoms with Gasteiger partial charge in [-0.2, -0.15) is 0 Å². The minimum Gasteiger partial charge on any atom is -0.292 e. The molecular formula is C12H13N5S3. The third-order valence-corrected chi connectivity index (χ3v) is 5.90. The summed E-state index contributed by atoms with van der Waals surface area (Å²) in [7, 11) is 0. The van der Waals surface area contributed by atoms with Crippen LogP contribution < -0.4 is 11.3 Å². The van der Waals surface area contributed by atoms with E-state index in [9.17, 15) is 0 Å². The summed E-state index contributed by atoms with van der Waals surface area (Å²) in [5.41, 5.74) is 3.56. The predicted octanol–water partition coefficient (Wildman–Crippen LogP) is 3.46. The van der Waals surface area contributed by atoms with Crippen LogP contribution in [0.4, 0.5) is 5.95 Å². The average molecular weight is 323 g/mol. The van der Waals surface area contributed by atoms with Crippen LogP contribution in [-0.4, -0.2) is 15.0 Å². The predicted molar refractivity (Wildman–Crippen MR) is 85.6 cm³/mol. The Kier molecular flexibility index (Phi) is 3.88. The zero-order valence-electron chi connectivity index (χ0n) is 11.0. The summed E-state index contributed by atoms with van der Waals surface area (Å²) < 4.78 is 0.981. The van der Waals surface area contributed by atoms with Crippen molar-refractivity contribution in [2.45, 2.75) is 29.6 Å². The van der Waals surface area contributed by atoms with Crippen LogP contribution in [0.25, 0.3) is 10.2 Å². The Morgan fingerprint density at radius 1 is 1.35 bits per heavy atom. The van der Waals surface area contributed by atoms with Gasteiger partial charge < -0.3 is 0 Å². The van der Waals surface area contributed by atoms with E-state index >= 15 is 0 Å². The molecule has 3 N–H and O–H groups in total. The Balaban J connectivity index is 2.09. The maximum Gasteiger partial charge on any atom is 0.239 e. The van der Waals surface area contributed by atoms with Gasteiger partial charge in [0, 0.05) is 21.3 Å². The number of nitrogen functional groups attached to an aromatic ring is 1. The maximum atomic E-state index is 5.45. The molecule has 104 valence electrons. The van der Waals surface area contributed by atoms with Crippen LogP contribution in [0.1, 0.15) is 17.5 Å². The van der Waals surface area contributed by atoms with E-state index in [-0.39, 0.29) is 0 Å². The Hall–Kier alpha value is -1.22. The number of rotatable bonds is 4. The van der Waals surface area contributed by atoms with E-state index in [2.05, 4.69) is 33.4 Å². The van der Waals surface area contributed by atoms with Crippen LogP contribution in [0.5, 0.6) is 0 Å². The maximum absolute atomic E-state index is 5.45. The zero-order chi connectivity index (χ0) is 14.1. The Labute approximate surface area is 128 Å². The molecule has 0 atom stereocenters. The van der Waals surface area contributed by atoms with Gasteiger partial charge in [0.15, 0.2) is 4.34 Å². The van der Waals surface area contributed by atoms with Crippen LogP contribution >= 0.6 is 34.4 Å². The summed E-state index contributed by atoms with van der Waals surface area (Å²) >= 11 is 4.86. The quantitative estimate of drug-likeness (QED) is 0.435. The van der Waals surface area contributed by atoms with Crippen molar-refractivity contribution in [2.75, 3.05) is 5.43 Å². The number of nitrogens with zero attached hydrogens (tertiary/aromatic N) is 3. The van der Waals surface area contributed by atoms with Gasteiger partial charge in [-0.15, -0.1) is 22.7 Å². The molecule has 0 aliphatic carbocycles. The third kappa shape index (κ3) is 2.64. The van der Waals surface area contributed by atoms with E-state index in [0.717, 1.165) is 31.7 Å². The molecule has 0 amide bonds. The number of aryl methyl sites for hydroxylation is 2. The van der Waals surface area contributed by atoms with Gasteiger partial charge in [-0.3, -0.25) is 5.43 Å². The van der Waals surface area contributed by atoms with Crippen LogP contribution in [0.3, 0.4) is 0 Å². The van der Waals surface area contributed by atoms with Gasteiger partial charge in [0.05, 0.1) is 0 Å². The van der Waals surface area contributed by atoms with Crippen molar-refractivity contribution in [2.24, 2.45) is 5.84 Å². The molecular weight excluding hydrogens is 310 g/mol. The molecule has 3 rings (SSSR count). The van der Waals surface area contributed by atoms with Crippen LogP contribution in [0.2, 0.25) is 0 Å². The minimum absolute atomic E-state index is 0.442. The summed E-state index contributed by atoms with van der Waals surface area (Å²) in [6, 6.07) is 2.16. The normalized spacial score (nSPS) is 11.2. The van der Waals surface area contributed by atoms with Crippen molar-refractivity contribution >= 4 is 50.6 Å². The number of hydrogen-bond acceptors (Lipinski definition) is 8. The van der Waals surface area contributed by atoms with Gasteiger partial charge in [0.1, 0.15) is 9.86 Å². The Bertz CT molecular complexity index is 749. The minimum atomic E-state index is 0.442. The number of hydrogen-bond donors (Lipinski definition) is 2. The lowest BCUT2D eigenvalue weighted by Gasteiger charge is -2.03. The summed E-state index contributed by atoms with van der Waals surface area (Å²) in [4.78, 5) is 15.6. The van der Waals surface area contributed by atoms with E-state index in [1.807, 2.05) is 12.3 Å². The van der Waals surface area contributed by atoms with Crippen molar-refractivity contribution in [1.29, 1.82) is 0 Å². The third-order valence-electron chi connectivity index (χ3n) is 2.67. The van der Waals surface area contributed by atoms with Gasteiger partial charge in [-0.1, -0.05) is 6.92 Å². The van der Waals surface area contributed by atoms with Gasteiger partial charge in [-0.05, 0) is 31.2 Å². The van der Waals surface area contributed by atoms with E-state index < -0.39 is 0 Å². The van der Waals surface area contributed by atoms with E-state index in [0.29, 0.717) is 5.95 Å². The number of hydrazine groups is 1. The summed E-state index contributed by atoms with van der Waals surface area (Å²) in [5, 5.41) is 4.01. The van der Waals surface area contributed by atoms with Crippen molar-refractivity contribution < 1.29 is 0 Å². The van der Waals surface area contributed by atoms with Crippen molar-refractivity contribution in [3.8, 4) is 0 Å². The molecule has 0 bridgehead atoms. The molecule has 0 spiro atoms. The molecule has 8 heteroatoms. The highest BCUT2D eigenvalue weighted by Gasteiger charge is 2.13. The number of aromatic nitrogens is 3. The molecule has 0 fully saturated rings. The van der Waals surface area contributed by atoms with Gasteiger partial charge in [0.2, 0.25) is 5.95 Å². The molecule has 20 heavy (non-hydrogen) atoms. The number of anilines is 1. The highest BCUT2D eigenvalue weighted by Crippen LogP contribution is 2.37. The van der Waals surface area contributed by atoms with E-state index in [1.54, 1.807) is 34.4 Å². The Morgan fingerprint density at radius 3 is 2.85 bits per heavy atom. The molecule has 0 saturated carbocycles. The number of thiazole rings is 1. The largest absolute Gasteiger partial charge is 0.292 e. The first kappa shape index (κ1) is 13.7. The van der Waals surface area contributed by atoms with Gasteiger partial charge in [-0.25, -0.2) is 20.8 Å². The topological polar surface area (TPSA) is 76.7 Å². The number of nitrogens with one attached hydrogen (secondary N) is 1. The second-order valence-corrected chi connectivity index (χ2v) is 7.35. The second kappa shape index (κ2) is 5.65. The highest BCUT2D eigenvalue weighted by atomic mass is 32.2. The van der Waals surface area contributed by atoms with Crippen LogP contribution in [-0.2, 0) is 6.42 Å². The molecule has 0 aliphatic heterocycles. The molecule has 0 saturated heterocycles. The van der Waals surface area contributed by atoms with E-state index in [4.69, 9.17) is 5.84 Å². The smallest absolute Gasteiger partial charge is 0.239 e. The summed E-state index contributed by atoms with van der Waals surface area (Å²) in [6.07, 6.45) is 0.993. The fraction of sp³-hybridized carbons (Fsp3) is 0.250. The fourth-order valence-corrected chi connectivity index (χ4v) is 4.60. The SMILES string of the molecule is CCc1cc2c(Sc3nc(C)cs3)nc(NN)nc2s1. The average Bonchev–Trinajstić information content (AvgIpc) is 3.04. The number of fused-ring (bicyclic) bond motifs is 1. The number of thiophene rings is 1. The van der Waals surface area contributed by atoms with Crippen LogP contribution in [0, 0.1) is 6.92 Å². The molecule has 3 heterocycles. The summed E-state index contributed by atoms with van der Waals surface area (Å²) in [5.74, 6) is 5.90. The monoisotopic (exact) mass is 323 g/mol. The van der Waals surface area contributed by atoms with Crippen molar-refractivity contribution in [3.63, 3.8) is 0 Å². The Morgan fingerprint density at radius 2 is 2.20 bits per heavy atom. The van der Waals surface area contributed by atoms with Gasteiger partial charge >= 0.3 is 0 Å². The zero-order valence-corrected chi connectivity index (χ0v) is 13.5. The molecule has 5 nitrogen and oxygen atoms in total. The molecule has 0 aromatic carbocycles. The first-order valence-corrected chi connectivity index (χ1v) is 8.58. The second-order valence-electron chi connectivity index (χ2n) is 4.14. The lowest BCUT2D eigenvalue weighted by atomic mass is 10.3. The molecule has 0 aliphatic rings. The lowest BCUT2D eigenvalue weighted by Crippen LogP contribution is -2.10. The van der Waals surface area contributed by atoms with Crippen LogP contribution in [0.15, 0.2) is 20.8 Å². The standard InChI is InChI=1S/C12H13N5S3/c1-3-7-4-8-9(19-7)15-11(17-13)16-10(8)20-12-14-6(2)5-18-12/h4-5H,3,13H2,1-2H3,(H,15,16,17). The molecule has 0 radical (unpaired) electrons. The first-order chi connectivity index (χ1) is 9.69. The number of nitrogens with two attached hydrogens (primary N) is 1.